The van der Waals surface area contributed by atoms with Gasteiger partial charge in [-0.1, -0.05) is 54.6 Å². The molecule has 1 aliphatic rings. The van der Waals surface area contributed by atoms with Crippen molar-refractivity contribution in [1.82, 2.24) is 9.88 Å². The molecule has 0 radical (unpaired) electrons. The highest BCUT2D eigenvalue weighted by atomic mass is 15.1. The quantitative estimate of drug-likeness (QED) is 0.732. The first-order valence-electron chi connectivity index (χ1n) is 7.87. The standard InChI is InChI=1S/C20H20N2/c1-22-13-11-15(12-14-22)19-17-9-5-6-10-18(17)21-20(19)16-7-3-2-4-8-16/h2-11,21H,12-14H2,1H3. The number of nitrogens with zero attached hydrogens (tertiary/aromatic N) is 1. The summed E-state index contributed by atoms with van der Waals surface area (Å²) in [4.78, 5) is 6.00. The molecule has 2 nitrogen and oxygen atoms in total. The third-order valence-electron chi connectivity index (χ3n) is 4.50. The average Bonchev–Trinajstić information content (AvgIpc) is 2.96. The van der Waals surface area contributed by atoms with Crippen LogP contribution in [-0.2, 0) is 0 Å². The molecule has 0 spiro atoms. The second-order valence-electron chi connectivity index (χ2n) is 6.03. The molecule has 22 heavy (non-hydrogen) atoms. The number of aromatic nitrogens is 1. The molecule has 3 aromatic rings. The summed E-state index contributed by atoms with van der Waals surface area (Å²) in [5, 5.41) is 1.33. The molecule has 0 aliphatic carbocycles. The van der Waals surface area contributed by atoms with Gasteiger partial charge in [-0.2, -0.15) is 0 Å². The van der Waals surface area contributed by atoms with Crippen LogP contribution in [0.15, 0.2) is 60.7 Å². The topological polar surface area (TPSA) is 19.0 Å². The van der Waals surface area contributed by atoms with E-state index in [1.54, 1.807) is 0 Å². The molecule has 0 saturated carbocycles. The fraction of sp³-hybridized carbons (Fsp3) is 0.200. The highest BCUT2D eigenvalue weighted by Crippen LogP contribution is 2.37. The van der Waals surface area contributed by atoms with Gasteiger partial charge in [-0.05, 0) is 30.7 Å². The second-order valence-corrected chi connectivity index (χ2v) is 6.03. The summed E-state index contributed by atoms with van der Waals surface area (Å²) in [6.07, 6.45) is 3.49. The van der Waals surface area contributed by atoms with Gasteiger partial charge in [0.1, 0.15) is 0 Å². The largest absolute Gasteiger partial charge is 0.354 e. The minimum atomic E-state index is 1.03. The van der Waals surface area contributed by atoms with E-state index in [2.05, 4.69) is 77.6 Å². The lowest BCUT2D eigenvalue weighted by molar-refractivity contribution is 0.370. The fourth-order valence-corrected chi connectivity index (χ4v) is 3.29. The van der Waals surface area contributed by atoms with Gasteiger partial charge < -0.3 is 9.88 Å². The van der Waals surface area contributed by atoms with Crippen LogP contribution in [-0.4, -0.2) is 30.0 Å². The molecule has 2 heterocycles. The summed E-state index contributed by atoms with van der Waals surface area (Å²) in [6.45, 7) is 2.16. The molecule has 1 aromatic heterocycles. The van der Waals surface area contributed by atoms with E-state index in [0.29, 0.717) is 0 Å². The minimum Gasteiger partial charge on any atom is -0.354 e. The van der Waals surface area contributed by atoms with Gasteiger partial charge in [0, 0.05) is 29.6 Å². The molecule has 0 unspecified atom stereocenters. The summed E-state index contributed by atoms with van der Waals surface area (Å²) >= 11 is 0. The van der Waals surface area contributed by atoms with Gasteiger partial charge >= 0.3 is 0 Å². The number of hydrogen-bond acceptors (Lipinski definition) is 1. The zero-order chi connectivity index (χ0) is 14.9. The lowest BCUT2D eigenvalue weighted by Crippen LogP contribution is -2.23. The Hall–Kier alpha value is -2.32. The summed E-state index contributed by atoms with van der Waals surface area (Å²) < 4.78 is 0. The van der Waals surface area contributed by atoms with Crippen molar-refractivity contribution in [2.75, 3.05) is 20.1 Å². The number of hydrogen-bond donors (Lipinski definition) is 1. The van der Waals surface area contributed by atoms with Crippen molar-refractivity contribution in [1.29, 1.82) is 0 Å². The molecule has 0 saturated heterocycles. The van der Waals surface area contributed by atoms with Gasteiger partial charge in [0.25, 0.3) is 0 Å². The summed E-state index contributed by atoms with van der Waals surface area (Å²) in [7, 11) is 2.18. The van der Waals surface area contributed by atoms with Crippen molar-refractivity contribution in [2.24, 2.45) is 0 Å². The predicted molar refractivity (Wildman–Crippen MR) is 93.8 cm³/mol. The molecule has 1 N–H and O–H groups in total. The molecular weight excluding hydrogens is 268 g/mol. The first-order valence-corrected chi connectivity index (χ1v) is 7.87. The zero-order valence-corrected chi connectivity index (χ0v) is 12.8. The maximum absolute atomic E-state index is 3.63. The predicted octanol–water partition coefficient (Wildman–Crippen LogP) is 4.55. The number of rotatable bonds is 2. The molecule has 0 fully saturated rings. The third kappa shape index (κ3) is 2.26. The van der Waals surface area contributed by atoms with Gasteiger partial charge in [0.15, 0.2) is 0 Å². The Kier molecular flexibility index (Phi) is 3.32. The van der Waals surface area contributed by atoms with Gasteiger partial charge in [0.05, 0.1) is 5.69 Å². The van der Waals surface area contributed by atoms with Crippen LogP contribution < -0.4 is 0 Å². The van der Waals surface area contributed by atoms with E-state index in [1.807, 2.05) is 0 Å². The van der Waals surface area contributed by atoms with Crippen molar-refractivity contribution in [3.8, 4) is 11.3 Å². The Labute approximate surface area is 131 Å². The average molecular weight is 288 g/mol. The second kappa shape index (κ2) is 5.47. The fourth-order valence-electron chi connectivity index (χ4n) is 3.29. The molecule has 1 aliphatic heterocycles. The van der Waals surface area contributed by atoms with E-state index in [0.717, 1.165) is 19.5 Å². The molecule has 0 amide bonds. The molecule has 2 heteroatoms. The van der Waals surface area contributed by atoms with E-state index in [-0.39, 0.29) is 0 Å². The molecule has 110 valence electrons. The van der Waals surface area contributed by atoms with Crippen molar-refractivity contribution < 1.29 is 0 Å². The smallest absolute Gasteiger partial charge is 0.0541 e. The Morgan fingerprint density at radius 3 is 2.50 bits per heavy atom. The summed E-state index contributed by atoms with van der Waals surface area (Å²) in [5.41, 5.74) is 6.58. The number of benzene rings is 2. The Balaban J connectivity index is 1.95. The lowest BCUT2D eigenvalue weighted by Gasteiger charge is -2.22. The molecule has 4 rings (SSSR count). The van der Waals surface area contributed by atoms with Crippen LogP contribution in [0.3, 0.4) is 0 Å². The Bertz CT molecular complexity index is 827. The molecule has 0 atom stereocenters. The SMILES string of the molecule is CN1CC=C(c2c(-c3ccccc3)[nH]c3ccccc23)CC1. The number of nitrogens with one attached hydrogen (secondary N) is 1. The Morgan fingerprint density at radius 1 is 0.955 bits per heavy atom. The van der Waals surface area contributed by atoms with Crippen molar-refractivity contribution in [2.45, 2.75) is 6.42 Å². The van der Waals surface area contributed by atoms with Gasteiger partial charge in [-0.15, -0.1) is 0 Å². The maximum atomic E-state index is 3.63. The number of fused-ring (bicyclic) bond motifs is 1. The van der Waals surface area contributed by atoms with E-state index in [1.165, 1.54) is 33.3 Å². The van der Waals surface area contributed by atoms with E-state index >= 15 is 0 Å². The molecular formula is C20H20N2. The van der Waals surface area contributed by atoms with Crippen molar-refractivity contribution in [3.63, 3.8) is 0 Å². The van der Waals surface area contributed by atoms with Crippen molar-refractivity contribution in [3.05, 3.63) is 66.2 Å². The normalized spacial score (nSPS) is 16.0. The third-order valence-corrected chi connectivity index (χ3v) is 4.50. The van der Waals surface area contributed by atoms with Gasteiger partial charge in [-0.3, -0.25) is 0 Å². The maximum Gasteiger partial charge on any atom is 0.0541 e. The van der Waals surface area contributed by atoms with Gasteiger partial charge in [-0.25, -0.2) is 0 Å². The van der Waals surface area contributed by atoms with Crippen LogP contribution in [0.5, 0.6) is 0 Å². The minimum absolute atomic E-state index is 1.03. The number of likely N-dealkylation sites (N-methyl/N-ethyl adjacent to an activating group) is 1. The van der Waals surface area contributed by atoms with Crippen LogP contribution in [0, 0.1) is 0 Å². The first-order chi connectivity index (χ1) is 10.8. The highest BCUT2D eigenvalue weighted by molar-refractivity contribution is 6.00. The lowest BCUT2D eigenvalue weighted by atomic mass is 9.94. The van der Waals surface area contributed by atoms with Crippen LogP contribution >= 0.6 is 0 Å². The molecule has 0 bridgehead atoms. The monoisotopic (exact) mass is 288 g/mol. The van der Waals surface area contributed by atoms with E-state index in [9.17, 15) is 0 Å². The van der Waals surface area contributed by atoms with E-state index < -0.39 is 0 Å². The summed E-state index contributed by atoms with van der Waals surface area (Å²) in [5.74, 6) is 0. The first kappa shape index (κ1) is 13.4. The van der Waals surface area contributed by atoms with Gasteiger partial charge in [0.2, 0.25) is 0 Å². The van der Waals surface area contributed by atoms with E-state index in [4.69, 9.17) is 0 Å². The summed E-state index contributed by atoms with van der Waals surface area (Å²) in [6, 6.07) is 19.3. The van der Waals surface area contributed by atoms with Crippen LogP contribution in [0.2, 0.25) is 0 Å². The van der Waals surface area contributed by atoms with Crippen LogP contribution in [0.25, 0.3) is 27.7 Å². The zero-order valence-electron chi connectivity index (χ0n) is 12.8. The highest BCUT2D eigenvalue weighted by Gasteiger charge is 2.18. The molecule has 2 aromatic carbocycles. The Morgan fingerprint density at radius 2 is 1.73 bits per heavy atom. The number of para-hydroxylation sites is 1. The van der Waals surface area contributed by atoms with Crippen LogP contribution in [0.1, 0.15) is 12.0 Å². The van der Waals surface area contributed by atoms with Crippen LogP contribution in [0.4, 0.5) is 0 Å². The van der Waals surface area contributed by atoms with Crippen molar-refractivity contribution >= 4 is 16.5 Å². The number of H-pyrrole nitrogens is 1. The number of aromatic amines is 1.